The van der Waals surface area contributed by atoms with Crippen molar-refractivity contribution in [2.24, 2.45) is 11.8 Å². The molecule has 2 bridgehead atoms. The van der Waals surface area contributed by atoms with Crippen LogP contribution >= 0.6 is 0 Å². The average molecular weight is 336 g/mol. The van der Waals surface area contributed by atoms with Crippen LogP contribution in [0.1, 0.15) is 12.8 Å². The van der Waals surface area contributed by atoms with Crippen LogP contribution in [-0.2, 0) is 14.3 Å². The fourth-order valence-electron chi connectivity index (χ4n) is 3.99. The van der Waals surface area contributed by atoms with Crippen LogP contribution < -0.4 is 10.4 Å². The van der Waals surface area contributed by atoms with Gasteiger partial charge in [-0.2, -0.15) is 0 Å². The maximum atomic E-state index is 12.8. The van der Waals surface area contributed by atoms with E-state index in [1.807, 2.05) is 54.6 Å². The minimum Gasteiger partial charge on any atom is -0.550 e. The molecular weight excluding hydrogens is 318 g/mol. The van der Waals surface area contributed by atoms with E-state index >= 15 is 0 Å². The first-order valence-electron chi connectivity index (χ1n) is 8.47. The highest BCUT2D eigenvalue weighted by Gasteiger charge is 2.52. The van der Waals surface area contributed by atoms with Gasteiger partial charge in [0.1, 0.15) is 0 Å². The molecule has 0 aromatic heterocycles. The number of amides is 1. The quantitative estimate of drug-likeness (QED) is 0.924. The second kappa shape index (κ2) is 6.33. The Morgan fingerprint density at radius 3 is 2.28 bits per heavy atom. The summed E-state index contributed by atoms with van der Waals surface area (Å²) < 4.78 is 5.65. The highest BCUT2D eigenvalue weighted by molar-refractivity contribution is 5.99. The van der Waals surface area contributed by atoms with Gasteiger partial charge in [0.25, 0.3) is 0 Å². The molecule has 5 heteroatoms. The van der Waals surface area contributed by atoms with Crippen LogP contribution in [0.15, 0.2) is 54.6 Å². The monoisotopic (exact) mass is 336 g/mol. The largest absolute Gasteiger partial charge is 0.550 e. The summed E-state index contributed by atoms with van der Waals surface area (Å²) in [5.41, 5.74) is 2.54. The van der Waals surface area contributed by atoms with Crippen LogP contribution in [0.25, 0.3) is 11.1 Å². The number of hydrogen-bond donors (Lipinski definition) is 1. The van der Waals surface area contributed by atoms with E-state index < -0.39 is 23.9 Å². The van der Waals surface area contributed by atoms with Crippen molar-refractivity contribution in [3.05, 3.63) is 54.6 Å². The molecule has 25 heavy (non-hydrogen) atoms. The summed E-state index contributed by atoms with van der Waals surface area (Å²) >= 11 is 0. The molecule has 0 radical (unpaired) electrons. The SMILES string of the molecule is O=C([O-])[C@@H]1[C@@H](C(=O)Nc2ccccc2-c2ccccc2)[C@H]2CC[C@@H]1O2. The number of carboxylic acid groups (broad SMARTS) is 1. The third-order valence-corrected chi connectivity index (χ3v) is 5.12. The number of fused-ring (bicyclic) bond motifs is 2. The standard InChI is InChI=1S/C20H19NO4/c22-19(17-15-10-11-16(25-15)18(17)20(23)24)21-14-9-5-4-8-13(14)12-6-2-1-3-7-12/h1-9,15-18H,10-11H2,(H,21,22)(H,23,24)/p-1/t15-,16+,17+,18+/m1/s1. The summed E-state index contributed by atoms with van der Waals surface area (Å²) in [5, 5.41) is 14.4. The van der Waals surface area contributed by atoms with Crippen LogP contribution in [0, 0.1) is 11.8 Å². The number of rotatable bonds is 4. The smallest absolute Gasteiger partial charge is 0.230 e. The molecule has 1 N–H and O–H groups in total. The van der Waals surface area contributed by atoms with Crippen molar-refractivity contribution in [3.63, 3.8) is 0 Å². The van der Waals surface area contributed by atoms with Crippen LogP contribution in [0.3, 0.4) is 0 Å². The Kier molecular flexibility index (Phi) is 4.01. The summed E-state index contributed by atoms with van der Waals surface area (Å²) in [5.74, 6) is -3.09. The Morgan fingerprint density at radius 1 is 0.920 bits per heavy atom. The van der Waals surface area contributed by atoms with Gasteiger partial charge in [0.2, 0.25) is 5.91 Å². The van der Waals surface area contributed by atoms with Crippen molar-refractivity contribution in [1.29, 1.82) is 0 Å². The number of carbonyl (C=O) groups excluding carboxylic acids is 2. The van der Waals surface area contributed by atoms with Crippen molar-refractivity contribution in [3.8, 4) is 11.1 Å². The van der Waals surface area contributed by atoms with E-state index in [1.54, 1.807) is 0 Å². The second-order valence-corrected chi connectivity index (χ2v) is 6.56. The van der Waals surface area contributed by atoms with Gasteiger partial charge >= 0.3 is 0 Å². The number of benzene rings is 2. The Labute approximate surface area is 145 Å². The van der Waals surface area contributed by atoms with Gasteiger partial charge in [0.05, 0.1) is 18.1 Å². The van der Waals surface area contributed by atoms with Crippen molar-refractivity contribution in [2.75, 3.05) is 5.32 Å². The van der Waals surface area contributed by atoms with E-state index in [0.29, 0.717) is 18.5 Å². The van der Waals surface area contributed by atoms with Gasteiger partial charge < -0.3 is 20.0 Å². The predicted molar refractivity (Wildman–Crippen MR) is 90.4 cm³/mol. The Bertz CT molecular complexity index is 804. The Hall–Kier alpha value is -2.66. The molecule has 2 saturated heterocycles. The number of nitrogens with one attached hydrogen (secondary N) is 1. The molecular formula is C20H18NO4-. The molecule has 0 spiro atoms. The number of anilines is 1. The lowest BCUT2D eigenvalue weighted by atomic mass is 9.78. The topological polar surface area (TPSA) is 78.5 Å². The summed E-state index contributed by atoms with van der Waals surface area (Å²) in [4.78, 5) is 24.3. The van der Waals surface area contributed by atoms with E-state index in [9.17, 15) is 14.7 Å². The van der Waals surface area contributed by atoms with E-state index in [2.05, 4.69) is 5.32 Å². The number of hydrogen-bond acceptors (Lipinski definition) is 4. The molecule has 128 valence electrons. The van der Waals surface area contributed by atoms with Crippen LogP contribution in [0.4, 0.5) is 5.69 Å². The summed E-state index contributed by atoms with van der Waals surface area (Å²) in [6.45, 7) is 0. The minimum atomic E-state index is -1.20. The zero-order valence-corrected chi connectivity index (χ0v) is 13.6. The van der Waals surface area contributed by atoms with Crippen molar-refractivity contribution in [2.45, 2.75) is 25.0 Å². The van der Waals surface area contributed by atoms with Gasteiger partial charge in [-0.3, -0.25) is 4.79 Å². The van der Waals surface area contributed by atoms with E-state index in [1.165, 1.54) is 0 Å². The van der Waals surface area contributed by atoms with Gasteiger partial charge in [-0.1, -0.05) is 48.5 Å². The van der Waals surface area contributed by atoms with Gasteiger partial charge in [0.15, 0.2) is 0 Å². The first kappa shape index (κ1) is 15.8. The van der Waals surface area contributed by atoms with E-state index in [4.69, 9.17) is 4.74 Å². The molecule has 2 aromatic carbocycles. The van der Waals surface area contributed by atoms with Gasteiger partial charge in [-0.05, 0) is 24.5 Å². The molecule has 0 aliphatic carbocycles. The number of carboxylic acids is 1. The highest BCUT2D eigenvalue weighted by atomic mass is 16.5. The lowest BCUT2D eigenvalue weighted by molar-refractivity contribution is -0.313. The number of aliphatic carboxylic acids is 1. The molecule has 4 atom stereocenters. The first-order valence-corrected chi connectivity index (χ1v) is 8.47. The minimum absolute atomic E-state index is 0.315. The number of para-hydroxylation sites is 1. The Balaban J connectivity index is 1.61. The molecule has 2 aliphatic heterocycles. The normalized spacial score (nSPS) is 27.2. The average Bonchev–Trinajstić information content (AvgIpc) is 3.24. The molecule has 2 heterocycles. The van der Waals surface area contributed by atoms with E-state index in [0.717, 1.165) is 11.1 Å². The molecule has 0 saturated carbocycles. The van der Waals surface area contributed by atoms with E-state index in [-0.39, 0.29) is 12.0 Å². The summed E-state index contributed by atoms with van der Waals surface area (Å²) in [6.07, 6.45) is 0.646. The lowest BCUT2D eigenvalue weighted by Gasteiger charge is -2.28. The second-order valence-electron chi connectivity index (χ2n) is 6.56. The Morgan fingerprint density at radius 2 is 1.56 bits per heavy atom. The predicted octanol–water partition coefficient (Wildman–Crippen LogP) is 1.84. The molecule has 1 amide bonds. The molecule has 0 unspecified atom stereocenters. The number of carbonyl (C=O) groups is 2. The molecule has 4 rings (SSSR count). The third kappa shape index (κ3) is 2.81. The molecule has 2 aliphatic rings. The highest BCUT2D eigenvalue weighted by Crippen LogP contribution is 2.44. The molecule has 5 nitrogen and oxygen atoms in total. The van der Waals surface area contributed by atoms with Gasteiger partial charge in [0, 0.05) is 23.1 Å². The maximum absolute atomic E-state index is 12.8. The van der Waals surface area contributed by atoms with Gasteiger partial charge in [-0.25, -0.2) is 0 Å². The summed E-state index contributed by atoms with van der Waals surface area (Å²) in [7, 11) is 0. The zero-order chi connectivity index (χ0) is 17.4. The first-order chi connectivity index (χ1) is 12.1. The third-order valence-electron chi connectivity index (χ3n) is 5.12. The molecule has 2 fully saturated rings. The lowest BCUT2D eigenvalue weighted by Crippen LogP contribution is -2.46. The van der Waals surface area contributed by atoms with Crippen LogP contribution in [0.2, 0.25) is 0 Å². The van der Waals surface area contributed by atoms with Crippen molar-refractivity contribution >= 4 is 17.6 Å². The summed E-state index contributed by atoms with van der Waals surface area (Å²) in [6, 6.07) is 17.2. The van der Waals surface area contributed by atoms with Crippen LogP contribution in [-0.4, -0.2) is 24.1 Å². The maximum Gasteiger partial charge on any atom is 0.230 e. The van der Waals surface area contributed by atoms with Crippen LogP contribution in [0.5, 0.6) is 0 Å². The fourth-order valence-corrected chi connectivity index (χ4v) is 3.99. The molecule has 2 aromatic rings. The number of ether oxygens (including phenoxy) is 1. The van der Waals surface area contributed by atoms with Crippen molar-refractivity contribution < 1.29 is 19.4 Å². The fraction of sp³-hybridized carbons (Fsp3) is 0.300. The van der Waals surface area contributed by atoms with Crippen molar-refractivity contribution in [1.82, 2.24) is 0 Å². The van der Waals surface area contributed by atoms with Gasteiger partial charge in [-0.15, -0.1) is 0 Å². The zero-order valence-electron chi connectivity index (χ0n) is 13.6.